The summed E-state index contributed by atoms with van der Waals surface area (Å²) in [5.41, 5.74) is 1.14. The molecule has 1 heterocycles. The van der Waals surface area contributed by atoms with Gasteiger partial charge in [-0.2, -0.15) is 0 Å². The second kappa shape index (κ2) is 9.78. The predicted octanol–water partition coefficient (Wildman–Crippen LogP) is 2.54. The molecular formula is C23H24N2O6S. The number of sulfone groups is 1. The van der Waals surface area contributed by atoms with Crippen molar-refractivity contribution in [3.8, 4) is 0 Å². The van der Waals surface area contributed by atoms with Crippen LogP contribution in [0.4, 0.5) is 5.69 Å². The zero-order chi connectivity index (χ0) is 23.3. The Morgan fingerprint density at radius 1 is 1.03 bits per heavy atom. The van der Waals surface area contributed by atoms with Gasteiger partial charge in [0.1, 0.15) is 6.61 Å². The molecule has 0 unspecified atom stereocenters. The molecule has 9 heteroatoms. The van der Waals surface area contributed by atoms with Crippen LogP contribution in [0.2, 0.25) is 0 Å². The molecule has 0 fully saturated rings. The summed E-state index contributed by atoms with van der Waals surface area (Å²) >= 11 is 0. The first kappa shape index (κ1) is 23.2. The van der Waals surface area contributed by atoms with Gasteiger partial charge in [0, 0.05) is 42.3 Å². The van der Waals surface area contributed by atoms with Gasteiger partial charge in [0.25, 0.3) is 5.56 Å². The molecule has 3 aromatic rings. The second-order valence-electron chi connectivity index (χ2n) is 7.39. The maximum Gasteiger partial charge on any atom is 0.302 e. The lowest BCUT2D eigenvalue weighted by Gasteiger charge is -2.11. The van der Waals surface area contributed by atoms with Crippen LogP contribution in [-0.4, -0.2) is 37.7 Å². The molecule has 0 aliphatic heterocycles. The number of esters is 1. The first-order chi connectivity index (χ1) is 15.1. The molecule has 1 aromatic heterocycles. The predicted molar refractivity (Wildman–Crippen MR) is 121 cm³/mol. The summed E-state index contributed by atoms with van der Waals surface area (Å²) in [5.74, 6) is -0.626. The normalized spacial score (nSPS) is 11.3. The minimum atomic E-state index is -3.26. The van der Waals surface area contributed by atoms with E-state index < -0.39 is 15.8 Å². The Bertz CT molecular complexity index is 1310. The summed E-state index contributed by atoms with van der Waals surface area (Å²) in [6.07, 6.45) is 3.40. The van der Waals surface area contributed by atoms with Crippen LogP contribution in [0.15, 0.2) is 64.4 Å². The zero-order valence-electron chi connectivity index (χ0n) is 17.8. The van der Waals surface area contributed by atoms with Crippen LogP contribution in [0.5, 0.6) is 0 Å². The number of hydrogen-bond donors (Lipinski definition) is 1. The van der Waals surface area contributed by atoms with Crippen LogP contribution in [0.3, 0.4) is 0 Å². The molecule has 0 saturated carbocycles. The molecule has 0 saturated heterocycles. The van der Waals surface area contributed by atoms with Crippen LogP contribution in [-0.2, 0) is 37.1 Å². The van der Waals surface area contributed by atoms with E-state index in [1.165, 1.54) is 23.6 Å². The van der Waals surface area contributed by atoms with Gasteiger partial charge >= 0.3 is 5.97 Å². The molecule has 8 nitrogen and oxygen atoms in total. The van der Waals surface area contributed by atoms with E-state index in [0.717, 1.165) is 11.8 Å². The van der Waals surface area contributed by atoms with Crippen LogP contribution in [0.25, 0.3) is 10.8 Å². The van der Waals surface area contributed by atoms with E-state index in [1.807, 2.05) is 0 Å². The number of rotatable bonds is 8. The lowest BCUT2D eigenvalue weighted by Crippen LogP contribution is -2.23. The lowest BCUT2D eigenvalue weighted by atomic mass is 10.1. The maximum absolute atomic E-state index is 12.7. The number of hydrogen-bond acceptors (Lipinski definition) is 6. The van der Waals surface area contributed by atoms with Crippen LogP contribution >= 0.6 is 0 Å². The summed E-state index contributed by atoms with van der Waals surface area (Å²) in [7, 11) is -3.26. The SMILES string of the molecule is CC(=O)OCCn1ccc2c(NC(=O)CCc3ccc(S(C)(=O)=O)cc3)cccc2c1=O. The van der Waals surface area contributed by atoms with E-state index in [-0.39, 0.29) is 35.9 Å². The zero-order valence-corrected chi connectivity index (χ0v) is 18.6. The highest BCUT2D eigenvalue weighted by molar-refractivity contribution is 7.90. The average Bonchev–Trinajstić information content (AvgIpc) is 2.74. The van der Waals surface area contributed by atoms with E-state index in [1.54, 1.807) is 42.6 Å². The fourth-order valence-corrected chi connectivity index (χ4v) is 3.90. The highest BCUT2D eigenvalue weighted by Crippen LogP contribution is 2.21. The minimum Gasteiger partial charge on any atom is -0.464 e. The standard InChI is InChI=1S/C23H24N2O6S/c1-16(26)31-15-14-25-13-12-19-20(23(25)28)4-3-5-21(19)24-22(27)11-8-17-6-9-18(10-7-17)32(2,29)30/h3-7,9-10,12-13H,8,11,14-15H2,1-2H3,(H,24,27). The van der Waals surface area contributed by atoms with Gasteiger partial charge in [0.15, 0.2) is 9.84 Å². The van der Waals surface area contributed by atoms with Crippen LogP contribution in [0, 0.1) is 0 Å². The number of pyridine rings is 1. The monoisotopic (exact) mass is 456 g/mol. The molecule has 1 N–H and O–H groups in total. The summed E-state index contributed by atoms with van der Waals surface area (Å²) in [4.78, 5) is 36.3. The molecule has 168 valence electrons. The van der Waals surface area contributed by atoms with Crippen molar-refractivity contribution in [1.82, 2.24) is 4.57 Å². The third kappa shape index (κ3) is 5.82. The average molecular weight is 457 g/mol. The van der Waals surface area contributed by atoms with Crippen molar-refractivity contribution in [1.29, 1.82) is 0 Å². The molecule has 0 aliphatic carbocycles. The van der Waals surface area contributed by atoms with Crippen molar-refractivity contribution in [2.45, 2.75) is 31.2 Å². The molecule has 0 atom stereocenters. The third-order valence-electron chi connectivity index (χ3n) is 4.92. The van der Waals surface area contributed by atoms with E-state index in [2.05, 4.69) is 5.32 Å². The Morgan fingerprint density at radius 2 is 1.75 bits per heavy atom. The first-order valence-electron chi connectivity index (χ1n) is 9.99. The molecule has 0 bridgehead atoms. The summed E-state index contributed by atoms with van der Waals surface area (Å²) < 4.78 is 29.4. The van der Waals surface area contributed by atoms with Gasteiger partial charge in [-0.05, 0) is 42.3 Å². The Morgan fingerprint density at radius 3 is 2.41 bits per heavy atom. The van der Waals surface area contributed by atoms with Gasteiger partial charge in [-0.3, -0.25) is 14.4 Å². The summed E-state index contributed by atoms with van der Waals surface area (Å²) in [6, 6.07) is 13.3. The maximum atomic E-state index is 12.7. The minimum absolute atomic E-state index is 0.0995. The van der Waals surface area contributed by atoms with Crippen molar-refractivity contribution >= 4 is 38.2 Å². The number of benzene rings is 2. The fourth-order valence-electron chi connectivity index (χ4n) is 3.26. The summed E-state index contributed by atoms with van der Waals surface area (Å²) in [6.45, 7) is 1.65. The largest absolute Gasteiger partial charge is 0.464 e. The molecule has 32 heavy (non-hydrogen) atoms. The smallest absolute Gasteiger partial charge is 0.302 e. The van der Waals surface area contributed by atoms with Crippen LogP contribution in [0.1, 0.15) is 18.9 Å². The molecule has 2 aromatic carbocycles. The number of aryl methyl sites for hydroxylation is 1. The van der Waals surface area contributed by atoms with Gasteiger partial charge in [0.05, 0.1) is 11.4 Å². The van der Waals surface area contributed by atoms with Crippen LogP contribution < -0.4 is 10.9 Å². The molecule has 0 spiro atoms. The number of aromatic nitrogens is 1. The highest BCUT2D eigenvalue weighted by Gasteiger charge is 2.11. The van der Waals surface area contributed by atoms with Crippen molar-refractivity contribution in [2.75, 3.05) is 18.2 Å². The van der Waals surface area contributed by atoms with E-state index in [4.69, 9.17) is 4.74 Å². The molecule has 0 aliphatic rings. The van der Waals surface area contributed by atoms with Gasteiger partial charge in [-0.25, -0.2) is 8.42 Å². The van der Waals surface area contributed by atoms with Crippen molar-refractivity contribution in [3.05, 3.63) is 70.6 Å². The Labute approximate surface area is 185 Å². The van der Waals surface area contributed by atoms with E-state index in [0.29, 0.717) is 22.9 Å². The molecule has 0 radical (unpaired) electrons. The number of carbonyl (C=O) groups is 2. The number of nitrogens with one attached hydrogen (secondary N) is 1. The Kier molecular flexibility index (Phi) is 7.09. The Balaban J connectivity index is 1.68. The Hall–Kier alpha value is -3.46. The number of fused-ring (bicyclic) bond motifs is 1. The number of amides is 1. The van der Waals surface area contributed by atoms with Crippen molar-refractivity contribution in [2.24, 2.45) is 0 Å². The second-order valence-corrected chi connectivity index (χ2v) is 9.40. The van der Waals surface area contributed by atoms with Gasteiger partial charge in [-0.15, -0.1) is 0 Å². The number of anilines is 1. The number of nitrogens with zero attached hydrogens (tertiary/aromatic N) is 1. The molecular weight excluding hydrogens is 432 g/mol. The van der Waals surface area contributed by atoms with Gasteiger partial charge in [-0.1, -0.05) is 18.2 Å². The van der Waals surface area contributed by atoms with Gasteiger partial charge in [0.2, 0.25) is 5.91 Å². The summed E-state index contributed by atoms with van der Waals surface area (Å²) in [5, 5.41) is 3.91. The number of ether oxygens (including phenoxy) is 1. The van der Waals surface area contributed by atoms with Crippen molar-refractivity contribution in [3.63, 3.8) is 0 Å². The quantitative estimate of drug-likeness (QED) is 0.522. The van der Waals surface area contributed by atoms with Crippen molar-refractivity contribution < 1.29 is 22.7 Å². The lowest BCUT2D eigenvalue weighted by molar-refractivity contribution is -0.141. The third-order valence-corrected chi connectivity index (χ3v) is 6.05. The van der Waals surface area contributed by atoms with Gasteiger partial charge < -0.3 is 14.6 Å². The first-order valence-corrected chi connectivity index (χ1v) is 11.9. The highest BCUT2D eigenvalue weighted by atomic mass is 32.2. The van der Waals surface area contributed by atoms with E-state index >= 15 is 0 Å². The topological polar surface area (TPSA) is 112 Å². The fraction of sp³-hybridized carbons (Fsp3) is 0.261. The molecule has 3 rings (SSSR count). The van der Waals surface area contributed by atoms with E-state index in [9.17, 15) is 22.8 Å². The molecule has 1 amide bonds. The number of carbonyl (C=O) groups excluding carboxylic acids is 2.